The van der Waals surface area contributed by atoms with Crippen molar-refractivity contribution >= 4 is 23.2 Å². The maximum absolute atomic E-state index is 13.2. The van der Waals surface area contributed by atoms with E-state index in [9.17, 15) is 4.39 Å². The molecule has 0 fully saturated rings. The highest BCUT2D eigenvalue weighted by Crippen LogP contribution is 2.32. The molecule has 114 valence electrons. The van der Waals surface area contributed by atoms with Crippen molar-refractivity contribution in [3.63, 3.8) is 0 Å². The average Bonchev–Trinajstić information content (AvgIpc) is 2.95. The van der Waals surface area contributed by atoms with Gasteiger partial charge in [0, 0.05) is 10.0 Å². The van der Waals surface area contributed by atoms with Crippen molar-refractivity contribution in [1.29, 1.82) is 0 Å². The summed E-state index contributed by atoms with van der Waals surface area (Å²) in [5.41, 5.74) is 0.548. The third-order valence-corrected chi connectivity index (χ3v) is 4.02. The van der Waals surface area contributed by atoms with Gasteiger partial charge in [-0.15, -0.1) is 0 Å². The van der Waals surface area contributed by atoms with Crippen molar-refractivity contribution < 1.29 is 4.39 Å². The zero-order chi connectivity index (χ0) is 15.5. The maximum Gasteiger partial charge on any atom is 0.137 e. The molecular formula is C15H18Cl2FN3. The quantitative estimate of drug-likeness (QED) is 0.765. The fraction of sp³-hybridized carbons (Fsp3) is 0.467. The summed E-state index contributed by atoms with van der Waals surface area (Å²) in [6, 6.07) is 5.42. The Kier molecular flexibility index (Phi) is 5.22. The summed E-state index contributed by atoms with van der Waals surface area (Å²) in [6.07, 6.45) is 4.44. The minimum absolute atomic E-state index is 0.00285. The molecule has 0 radical (unpaired) electrons. The molecule has 1 atom stereocenters. The molecule has 1 aromatic heterocycles. The predicted molar refractivity (Wildman–Crippen MR) is 83.6 cm³/mol. The summed E-state index contributed by atoms with van der Waals surface area (Å²) >= 11 is 12.2. The summed E-state index contributed by atoms with van der Waals surface area (Å²) in [7, 11) is 0. The van der Waals surface area contributed by atoms with E-state index in [1.165, 1.54) is 6.33 Å². The molecule has 0 spiro atoms. The molecule has 1 unspecified atom stereocenters. The van der Waals surface area contributed by atoms with Crippen LogP contribution in [-0.4, -0.2) is 21.4 Å². The first-order valence-electron chi connectivity index (χ1n) is 6.75. The van der Waals surface area contributed by atoms with Gasteiger partial charge >= 0.3 is 0 Å². The number of benzene rings is 1. The Morgan fingerprint density at radius 3 is 2.67 bits per heavy atom. The van der Waals surface area contributed by atoms with Crippen LogP contribution in [0.3, 0.4) is 0 Å². The number of nitrogens with zero attached hydrogens (tertiary/aromatic N) is 3. The first-order chi connectivity index (χ1) is 9.91. The Morgan fingerprint density at radius 1 is 1.33 bits per heavy atom. The van der Waals surface area contributed by atoms with Gasteiger partial charge in [-0.1, -0.05) is 43.1 Å². The lowest BCUT2D eigenvalue weighted by Crippen LogP contribution is -2.23. The van der Waals surface area contributed by atoms with Crippen LogP contribution in [0.15, 0.2) is 30.9 Å². The number of alkyl halides is 1. The third-order valence-electron chi connectivity index (χ3n) is 3.43. The van der Waals surface area contributed by atoms with E-state index in [0.717, 1.165) is 5.56 Å². The van der Waals surface area contributed by atoms with Gasteiger partial charge in [0.2, 0.25) is 0 Å². The van der Waals surface area contributed by atoms with E-state index < -0.39 is 5.41 Å². The number of halogens is 3. The lowest BCUT2D eigenvalue weighted by atomic mass is 9.85. The second-order valence-electron chi connectivity index (χ2n) is 5.97. The first-order valence-corrected chi connectivity index (χ1v) is 7.51. The van der Waals surface area contributed by atoms with Crippen molar-refractivity contribution in [1.82, 2.24) is 14.8 Å². The molecule has 2 rings (SSSR count). The normalized spacial score (nSPS) is 13.4. The second-order valence-corrected chi connectivity index (χ2v) is 6.81. The van der Waals surface area contributed by atoms with Gasteiger partial charge in [0.05, 0.1) is 12.7 Å². The van der Waals surface area contributed by atoms with Gasteiger partial charge in [0.1, 0.15) is 12.7 Å². The van der Waals surface area contributed by atoms with Crippen LogP contribution in [0.2, 0.25) is 10.0 Å². The smallest absolute Gasteiger partial charge is 0.137 e. The van der Waals surface area contributed by atoms with Gasteiger partial charge in [-0.05, 0) is 36.0 Å². The van der Waals surface area contributed by atoms with Crippen LogP contribution < -0.4 is 0 Å². The Hall–Kier alpha value is -1.13. The van der Waals surface area contributed by atoms with Gasteiger partial charge in [-0.25, -0.2) is 9.67 Å². The zero-order valence-electron chi connectivity index (χ0n) is 12.1. The fourth-order valence-corrected chi connectivity index (χ4v) is 2.78. The molecule has 0 amide bonds. The number of hydrogen-bond acceptors (Lipinski definition) is 2. The Labute approximate surface area is 134 Å². The molecule has 0 aliphatic heterocycles. The van der Waals surface area contributed by atoms with Crippen molar-refractivity contribution in [3.8, 4) is 0 Å². The van der Waals surface area contributed by atoms with Crippen LogP contribution in [0.5, 0.6) is 0 Å². The lowest BCUT2D eigenvalue weighted by Gasteiger charge is -2.27. The highest BCUT2D eigenvalue weighted by molar-refractivity contribution is 6.35. The summed E-state index contributed by atoms with van der Waals surface area (Å²) < 4.78 is 14.9. The molecule has 0 N–H and O–H groups in total. The lowest BCUT2D eigenvalue weighted by molar-refractivity contribution is 0.196. The van der Waals surface area contributed by atoms with E-state index >= 15 is 0 Å². The molecule has 2 aromatic rings. The molecule has 0 saturated carbocycles. The molecule has 21 heavy (non-hydrogen) atoms. The number of hydrogen-bond donors (Lipinski definition) is 0. The monoisotopic (exact) mass is 329 g/mol. The van der Waals surface area contributed by atoms with E-state index in [2.05, 4.69) is 10.1 Å². The topological polar surface area (TPSA) is 30.7 Å². The first kappa shape index (κ1) is 16.2. The number of rotatable bonds is 6. The van der Waals surface area contributed by atoms with Gasteiger partial charge in [0.15, 0.2) is 0 Å². The van der Waals surface area contributed by atoms with Crippen LogP contribution in [0, 0.1) is 5.41 Å². The van der Waals surface area contributed by atoms with E-state index in [0.29, 0.717) is 22.9 Å². The predicted octanol–water partition coefficient (Wildman–Crippen LogP) is 4.75. The third kappa shape index (κ3) is 4.42. The van der Waals surface area contributed by atoms with Gasteiger partial charge in [-0.3, -0.25) is 4.39 Å². The van der Waals surface area contributed by atoms with Crippen molar-refractivity contribution in [2.45, 2.75) is 32.7 Å². The van der Waals surface area contributed by atoms with Crippen molar-refractivity contribution in [2.75, 3.05) is 6.67 Å². The number of aromatic nitrogens is 3. The molecule has 0 aliphatic carbocycles. The van der Waals surface area contributed by atoms with Gasteiger partial charge in [-0.2, -0.15) is 5.10 Å². The molecule has 0 saturated heterocycles. The SMILES string of the molecule is CC(C)(CF)CC(Cc1ccc(Cl)cc1Cl)n1cncn1. The van der Waals surface area contributed by atoms with E-state index in [1.54, 1.807) is 17.1 Å². The standard InChI is InChI=1S/C15H18Cl2FN3/c1-15(2,8-18)7-13(21-10-19-9-20-21)5-11-3-4-12(16)6-14(11)17/h3-4,6,9-10,13H,5,7-8H2,1-2H3. The highest BCUT2D eigenvalue weighted by atomic mass is 35.5. The molecule has 1 aromatic carbocycles. The van der Waals surface area contributed by atoms with Crippen LogP contribution in [-0.2, 0) is 6.42 Å². The molecule has 0 bridgehead atoms. The molecule has 3 nitrogen and oxygen atoms in total. The summed E-state index contributed by atoms with van der Waals surface area (Å²) in [4.78, 5) is 3.98. The Balaban J connectivity index is 2.24. The van der Waals surface area contributed by atoms with Crippen LogP contribution in [0.4, 0.5) is 4.39 Å². The molecule has 6 heteroatoms. The summed E-state index contributed by atoms with van der Waals surface area (Å²) in [6.45, 7) is 3.42. The summed E-state index contributed by atoms with van der Waals surface area (Å²) in [5, 5.41) is 5.41. The molecule has 1 heterocycles. The maximum atomic E-state index is 13.2. The summed E-state index contributed by atoms with van der Waals surface area (Å²) in [5.74, 6) is 0. The van der Waals surface area contributed by atoms with Crippen LogP contribution >= 0.6 is 23.2 Å². The highest BCUT2D eigenvalue weighted by Gasteiger charge is 2.25. The van der Waals surface area contributed by atoms with Crippen molar-refractivity contribution in [3.05, 3.63) is 46.5 Å². The average molecular weight is 330 g/mol. The minimum atomic E-state index is -0.421. The zero-order valence-corrected chi connectivity index (χ0v) is 13.6. The van der Waals surface area contributed by atoms with E-state index in [1.807, 2.05) is 26.0 Å². The fourth-order valence-electron chi connectivity index (χ4n) is 2.30. The van der Waals surface area contributed by atoms with Crippen molar-refractivity contribution in [2.24, 2.45) is 5.41 Å². The van der Waals surface area contributed by atoms with Gasteiger partial charge < -0.3 is 0 Å². The Bertz CT molecular complexity index is 585. The molecule has 0 aliphatic rings. The molecular weight excluding hydrogens is 312 g/mol. The van der Waals surface area contributed by atoms with E-state index in [-0.39, 0.29) is 12.7 Å². The Morgan fingerprint density at radius 2 is 2.10 bits per heavy atom. The second kappa shape index (κ2) is 6.75. The minimum Gasteiger partial charge on any atom is -0.251 e. The van der Waals surface area contributed by atoms with Crippen LogP contribution in [0.1, 0.15) is 31.9 Å². The van der Waals surface area contributed by atoms with Crippen LogP contribution in [0.25, 0.3) is 0 Å². The largest absolute Gasteiger partial charge is 0.251 e. The van der Waals surface area contributed by atoms with E-state index in [4.69, 9.17) is 23.2 Å². The van der Waals surface area contributed by atoms with Gasteiger partial charge in [0.25, 0.3) is 0 Å².